The smallest absolute Gasteiger partial charge is 0.296 e. The monoisotopic (exact) mass is 338 g/mol. The first kappa shape index (κ1) is 16.7. The summed E-state index contributed by atoms with van der Waals surface area (Å²) in [5.74, 6) is 0. The molecule has 4 rings (SSSR count). The van der Waals surface area contributed by atoms with Crippen molar-refractivity contribution in [2.75, 3.05) is 0 Å². The predicted molar refractivity (Wildman–Crippen MR) is 103 cm³/mol. The van der Waals surface area contributed by atoms with Gasteiger partial charge in [-0.05, 0) is 38.2 Å². The summed E-state index contributed by atoms with van der Waals surface area (Å²) >= 11 is 0. The third-order valence-electron chi connectivity index (χ3n) is 6.20. The van der Waals surface area contributed by atoms with E-state index in [9.17, 15) is 4.79 Å². The van der Waals surface area contributed by atoms with Crippen LogP contribution in [0.3, 0.4) is 0 Å². The van der Waals surface area contributed by atoms with Crippen molar-refractivity contribution in [1.29, 1.82) is 0 Å². The van der Waals surface area contributed by atoms with E-state index >= 15 is 0 Å². The fourth-order valence-corrected chi connectivity index (χ4v) is 4.73. The van der Waals surface area contributed by atoms with E-state index in [1.807, 2.05) is 0 Å². The van der Waals surface area contributed by atoms with Gasteiger partial charge in [-0.3, -0.25) is 9.13 Å². The summed E-state index contributed by atoms with van der Waals surface area (Å²) in [7, 11) is 0. The molecular formula is C22H30N2O. The van der Waals surface area contributed by atoms with E-state index in [1.165, 1.54) is 49.7 Å². The van der Waals surface area contributed by atoms with Crippen molar-refractivity contribution in [2.45, 2.75) is 83.2 Å². The predicted octanol–water partition coefficient (Wildman–Crippen LogP) is 5.64. The van der Waals surface area contributed by atoms with E-state index in [-0.39, 0.29) is 5.69 Å². The van der Waals surface area contributed by atoms with Crippen molar-refractivity contribution < 1.29 is 0 Å². The summed E-state index contributed by atoms with van der Waals surface area (Å²) < 4.78 is 4.21. The van der Waals surface area contributed by atoms with Gasteiger partial charge in [0, 0.05) is 18.3 Å². The van der Waals surface area contributed by atoms with E-state index in [1.54, 1.807) is 0 Å². The van der Waals surface area contributed by atoms with Crippen molar-refractivity contribution in [1.82, 2.24) is 9.13 Å². The summed E-state index contributed by atoms with van der Waals surface area (Å²) in [5.41, 5.74) is 3.81. The van der Waals surface area contributed by atoms with Gasteiger partial charge < -0.3 is 0 Å². The molecule has 0 unspecified atom stereocenters. The maximum atomic E-state index is 13.4. The van der Waals surface area contributed by atoms with Gasteiger partial charge in [-0.2, -0.15) is 0 Å². The van der Waals surface area contributed by atoms with Crippen molar-refractivity contribution in [2.24, 2.45) is 0 Å². The van der Waals surface area contributed by atoms with E-state index in [4.69, 9.17) is 0 Å². The summed E-state index contributed by atoms with van der Waals surface area (Å²) in [4.78, 5) is 13.4. The van der Waals surface area contributed by atoms with E-state index in [2.05, 4.69) is 46.5 Å². The van der Waals surface area contributed by atoms with Crippen LogP contribution in [0.15, 0.2) is 35.3 Å². The van der Waals surface area contributed by atoms with Crippen LogP contribution in [0.2, 0.25) is 0 Å². The molecule has 0 saturated heterocycles. The van der Waals surface area contributed by atoms with Gasteiger partial charge in [-0.15, -0.1) is 0 Å². The Morgan fingerprint density at radius 3 is 1.96 bits per heavy atom. The molecule has 2 aliphatic carbocycles. The lowest BCUT2D eigenvalue weighted by atomic mass is 9.95. The highest BCUT2D eigenvalue weighted by atomic mass is 16.1. The molecule has 0 spiro atoms. The van der Waals surface area contributed by atoms with E-state index < -0.39 is 0 Å². The maximum Gasteiger partial charge on any atom is 0.329 e. The number of imidazole rings is 1. The average Bonchev–Trinajstić information content (AvgIpc) is 3.01. The summed E-state index contributed by atoms with van der Waals surface area (Å²) in [5, 5.41) is 0. The van der Waals surface area contributed by atoms with Crippen molar-refractivity contribution in [3.8, 4) is 11.3 Å². The normalized spacial score (nSPS) is 20.0. The minimum atomic E-state index is 0.231. The van der Waals surface area contributed by atoms with Crippen LogP contribution >= 0.6 is 0 Å². The number of hydrogen-bond acceptors (Lipinski definition) is 1. The van der Waals surface area contributed by atoms with Crippen LogP contribution in [0, 0.1) is 6.92 Å². The first-order chi connectivity index (χ1) is 12.2. The van der Waals surface area contributed by atoms with Crippen LogP contribution in [0.1, 0.15) is 81.9 Å². The molecule has 2 saturated carbocycles. The number of aromatic nitrogens is 2. The van der Waals surface area contributed by atoms with Crippen molar-refractivity contribution in [3.05, 3.63) is 46.5 Å². The van der Waals surface area contributed by atoms with Gasteiger partial charge in [0.1, 0.15) is 0 Å². The molecule has 0 bridgehead atoms. The lowest BCUT2D eigenvalue weighted by Gasteiger charge is -2.25. The largest absolute Gasteiger partial charge is 0.329 e. The molecule has 1 aromatic carbocycles. The van der Waals surface area contributed by atoms with E-state index in [0.29, 0.717) is 12.1 Å². The molecule has 2 fully saturated rings. The Hall–Kier alpha value is -1.77. The van der Waals surface area contributed by atoms with Gasteiger partial charge >= 0.3 is 5.69 Å². The Kier molecular flexibility index (Phi) is 4.82. The summed E-state index contributed by atoms with van der Waals surface area (Å²) in [6.07, 6.45) is 14.4. The number of nitrogens with zero attached hydrogens (tertiary/aromatic N) is 2. The zero-order chi connectivity index (χ0) is 17.2. The second kappa shape index (κ2) is 7.23. The molecule has 134 valence electrons. The van der Waals surface area contributed by atoms with Crippen molar-refractivity contribution in [3.63, 3.8) is 0 Å². The van der Waals surface area contributed by atoms with Gasteiger partial charge in [-0.1, -0.05) is 68.4 Å². The Morgan fingerprint density at radius 2 is 1.36 bits per heavy atom. The first-order valence-corrected chi connectivity index (χ1v) is 10.1. The fourth-order valence-electron chi connectivity index (χ4n) is 4.73. The summed E-state index contributed by atoms with van der Waals surface area (Å²) in [6, 6.07) is 9.44. The molecule has 0 aliphatic heterocycles. The minimum Gasteiger partial charge on any atom is -0.296 e. The van der Waals surface area contributed by atoms with Gasteiger partial charge in [0.2, 0.25) is 0 Å². The molecule has 25 heavy (non-hydrogen) atoms. The Morgan fingerprint density at radius 1 is 0.800 bits per heavy atom. The molecule has 2 aromatic rings. The van der Waals surface area contributed by atoms with Crippen LogP contribution in [-0.2, 0) is 0 Å². The number of hydrogen-bond donors (Lipinski definition) is 0. The van der Waals surface area contributed by atoms with Gasteiger partial charge in [0.25, 0.3) is 0 Å². The topological polar surface area (TPSA) is 26.9 Å². The molecule has 1 aromatic heterocycles. The molecule has 3 heteroatoms. The zero-order valence-electron chi connectivity index (χ0n) is 15.4. The maximum absolute atomic E-state index is 13.4. The highest BCUT2D eigenvalue weighted by molar-refractivity contribution is 5.59. The van der Waals surface area contributed by atoms with Gasteiger partial charge in [0.15, 0.2) is 0 Å². The van der Waals surface area contributed by atoms with Gasteiger partial charge in [-0.25, -0.2) is 4.79 Å². The molecule has 2 aliphatic rings. The molecule has 0 N–H and O–H groups in total. The standard InChI is InChI=1S/C22H30N2O/c1-17-12-14-18(15-13-17)21-16-23(19-8-4-2-5-9-19)22(25)24(21)20-10-6-3-7-11-20/h12-16,19-20H,2-11H2,1H3. The molecule has 3 nitrogen and oxygen atoms in total. The van der Waals surface area contributed by atoms with Crippen LogP contribution in [0.25, 0.3) is 11.3 Å². The Bertz CT molecular complexity index is 756. The molecule has 0 amide bonds. The molecule has 1 heterocycles. The Balaban J connectivity index is 1.79. The minimum absolute atomic E-state index is 0.231. The summed E-state index contributed by atoms with van der Waals surface area (Å²) in [6.45, 7) is 2.12. The van der Waals surface area contributed by atoms with Crippen LogP contribution in [-0.4, -0.2) is 9.13 Å². The molecular weight excluding hydrogens is 308 g/mol. The molecule has 0 radical (unpaired) electrons. The molecule has 0 atom stereocenters. The first-order valence-electron chi connectivity index (χ1n) is 10.1. The van der Waals surface area contributed by atoms with Crippen LogP contribution < -0.4 is 5.69 Å². The fraction of sp³-hybridized carbons (Fsp3) is 0.591. The van der Waals surface area contributed by atoms with Crippen molar-refractivity contribution >= 4 is 0 Å². The lowest BCUT2D eigenvalue weighted by molar-refractivity contribution is 0.321. The average molecular weight is 338 g/mol. The zero-order valence-corrected chi connectivity index (χ0v) is 15.4. The SMILES string of the molecule is Cc1ccc(-c2cn(C3CCCCC3)c(=O)n2C2CCCCC2)cc1. The number of aryl methyl sites for hydroxylation is 1. The highest BCUT2D eigenvalue weighted by Crippen LogP contribution is 2.34. The third-order valence-corrected chi connectivity index (χ3v) is 6.20. The highest BCUT2D eigenvalue weighted by Gasteiger charge is 2.26. The Labute approximate surface area is 150 Å². The quantitative estimate of drug-likeness (QED) is 0.712. The second-order valence-corrected chi connectivity index (χ2v) is 8.02. The lowest BCUT2D eigenvalue weighted by Crippen LogP contribution is -2.31. The van der Waals surface area contributed by atoms with E-state index in [0.717, 1.165) is 31.4 Å². The number of benzene rings is 1. The number of rotatable bonds is 3. The second-order valence-electron chi connectivity index (χ2n) is 8.02. The van der Waals surface area contributed by atoms with Crippen LogP contribution in [0.4, 0.5) is 0 Å². The van der Waals surface area contributed by atoms with Crippen LogP contribution in [0.5, 0.6) is 0 Å². The van der Waals surface area contributed by atoms with Gasteiger partial charge in [0.05, 0.1) is 5.69 Å². The third kappa shape index (κ3) is 3.33.